The molecule has 0 amide bonds. The molecule has 0 aliphatic rings. The van der Waals surface area contributed by atoms with Gasteiger partial charge in [-0.2, -0.15) is 4.39 Å². The first-order valence-corrected chi connectivity index (χ1v) is 11.6. The molecule has 1 aromatic carbocycles. The van der Waals surface area contributed by atoms with Gasteiger partial charge in [-0.05, 0) is 30.3 Å². The molecule has 4 aromatic rings. The number of hydrogen-bond acceptors (Lipinski definition) is 8. The van der Waals surface area contributed by atoms with Gasteiger partial charge in [-0.3, -0.25) is 9.71 Å². The molecule has 180 valence electrons. The Kier molecular flexibility index (Phi) is 6.78. The summed E-state index contributed by atoms with van der Waals surface area (Å²) in [5.74, 6) is -6.18. The zero-order valence-electron chi connectivity index (χ0n) is 18.0. The van der Waals surface area contributed by atoms with Crippen LogP contribution in [0.4, 0.5) is 24.8 Å². The van der Waals surface area contributed by atoms with Crippen molar-refractivity contribution in [2.24, 2.45) is 0 Å². The molecule has 0 bridgehead atoms. The molecule has 3 heterocycles. The minimum atomic E-state index is -4.30. The Bertz CT molecular complexity index is 1470. The van der Waals surface area contributed by atoms with E-state index < -0.39 is 44.7 Å². The van der Waals surface area contributed by atoms with Gasteiger partial charge >= 0.3 is 0 Å². The third kappa shape index (κ3) is 5.46. The molecule has 0 saturated heterocycles. The molecule has 2 N–H and O–H groups in total. The van der Waals surface area contributed by atoms with Crippen LogP contribution in [0.25, 0.3) is 11.3 Å². The molecule has 0 radical (unpaired) electrons. The quantitative estimate of drug-likeness (QED) is 0.345. The van der Waals surface area contributed by atoms with Gasteiger partial charge in [0, 0.05) is 31.7 Å². The smallest absolute Gasteiger partial charge is 0.238 e. The largest absolute Gasteiger partial charge is 0.435 e. The zero-order chi connectivity index (χ0) is 25.0. The summed E-state index contributed by atoms with van der Waals surface area (Å²) in [6, 6.07) is 9.75. The highest BCUT2D eigenvalue weighted by molar-refractivity contribution is 7.91. The first kappa shape index (κ1) is 23.9. The van der Waals surface area contributed by atoms with Gasteiger partial charge in [0.1, 0.15) is 11.4 Å². The minimum Gasteiger partial charge on any atom is -0.435 e. The van der Waals surface area contributed by atoms with Crippen molar-refractivity contribution >= 4 is 21.7 Å². The Balaban J connectivity index is 1.64. The Hall–Kier alpha value is -4.26. The fourth-order valence-electron chi connectivity index (χ4n) is 3.01. The lowest BCUT2D eigenvalue weighted by Gasteiger charge is -2.14. The van der Waals surface area contributed by atoms with Crippen molar-refractivity contribution in [3.8, 4) is 22.9 Å². The van der Waals surface area contributed by atoms with E-state index in [4.69, 9.17) is 4.74 Å². The number of ether oxygens (including phenoxy) is 1. The van der Waals surface area contributed by atoms with Crippen LogP contribution >= 0.6 is 0 Å². The predicted molar refractivity (Wildman–Crippen MR) is 122 cm³/mol. The van der Waals surface area contributed by atoms with Crippen LogP contribution in [0.5, 0.6) is 11.6 Å². The maximum atomic E-state index is 14.8. The summed E-state index contributed by atoms with van der Waals surface area (Å²) < 4.78 is 76.1. The first-order valence-electron chi connectivity index (χ1n) is 9.99. The topological polar surface area (TPSA) is 119 Å². The third-order valence-electron chi connectivity index (χ3n) is 4.58. The maximum absolute atomic E-state index is 14.8. The lowest BCUT2D eigenvalue weighted by atomic mass is 10.2. The van der Waals surface area contributed by atoms with Gasteiger partial charge in [0.05, 0.1) is 17.0 Å². The Morgan fingerprint density at radius 1 is 0.943 bits per heavy atom. The number of sulfonamides is 1. The Labute approximate surface area is 198 Å². The van der Waals surface area contributed by atoms with E-state index in [0.29, 0.717) is 23.3 Å². The van der Waals surface area contributed by atoms with E-state index in [0.717, 1.165) is 0 Å². The van der Waals surface area contributed by atoms with Crippen LogP contribution in [-0.4, -0.2) is 35.4 Å². The van der Waals surface area contributed by atoms with Gasteiger partial charge in [0.2, 0.25) is 27.7 Å². The summed E-state index contributed by atoms with van der Waals surface area (Å²) in [5.41, 5.74) is -0.393. The average Bonchev–Trinajstić information content (AvgIpc) is 2.86. The van der Waals surface area contributed by atoms with Crippen molar-refractivity contribution in [3.63, 3.8) is 0 Å². The fourth-order valence-corrected chi connectivity index (χ4v) is 4.14. The van der Waals surface area contributed by atoms with E-state index in [1.807, 2.05) is 0 Å². The van der Waals surface area contributed by atoms with Crippen molar-refractivity contribution in [1.82, 2.24) is 19.9 Å². The van der Waals surface area contributed by atoms with E-state index >= 15 is 0 Å². The normalized spacial score (nSPS) is 11.2. The van der Waals surface area contributed by atoms with Crippen molar-refractivity contribution in [2.45, 2.75) is 5.75 Å². The standard InChI is InChI=1S/C22H17F3N6O3S/c1-26-22-29-10-7-16(30-22)14-6-4-9-28-21(14)34-17-11-15(23)20(19(25)18(17)24)31-35(32,33)12-13-5-2-3-8-27-13/h2-11,31H,12H2,1H3,(H,26,29,30). The fraction of sp³-hybridized carbons (Fsp3) is 0.0909. The van der Waals surface area contributed by atoms with Crippen LogP contribution in [-0.2, 0) is 15.8 Å². The molecule has 0 unspecified atom stereocenters. The van der Waals surface area contributed by atoms with E-state index in [1.54, 1.807) is 42.1 Å². The SMILES string of the molecule is CNc1nccc(-c2cccnc2Oc2cc(F)c(NS(=O)(=O)Cc3ccccn3)c(F)c2F)n1. The summed E-state index contributed by atoms with van der Waals surface area (Å²) in [7, 11) is -2.69. The molecule has 4 rings (SSSR count). The number of nitrogens with zero attached hydrogens (tertiary/aromatic N) is 4. The summed E-state index contributed by atoms with van der Waals surface area (Å²) in [6.07, 6.45) is 4.17. The van der Waals surface area contributed by atoms with Crippen LogP contribution in [0.2, 0.25) is 0 Å². The van der Waals surface area contributed by atoms with Gasteiger partial charge in [-0.15, -0.1) is 0 Å². The zero-order valence-corrected chi connectivity index (χ0v) is 18.9. The predicted octanol–water partition coefficient (Wildman–Crippen LogP) is 4.13. The first-order chi connectivity index (χ1) is 16.8. The van der Waals surface area contributed by atoms with Crippen LogP contribution in [0.1, 0.15) is 5.69 Å². The van der Waals surface area contributed by atoms with Crippen molar-refractivity contribution in [2.75, 3.05) is 17.1 Å². The number of anilines is 2. The molecule has 0 saturated carbocycles. The van der Waals surface area contributed by atoms with E-state index in [2.05, 4.69) is 25.3 Å². The number of nitrogens with one attached hydrogen (secondary N) is 2. The second-order valence-electron chi connectivity index (χ2n) is 7.02. The number of pyridine rings is 2. The molecule has 0 atom stereocenters. The highest BCUT2D eigenvalue weighted by Gasteiger charge is 2.25. The molecule has 13 heteroatoms. The Morgan fingerprint density at radius 2 is 1.74 bits per heavy atom. The van der Waals surface area contributed by atoms with Gasteiger partial charge in [0.15, 0.2) is 17.4 Å². The van der Waals surface area contributed by atoms with Gasteiger partial charge in [-0.25, -0.2) is 32.2 Å². The number of hydrogen-bond donors (Lipinski definition) is 2. The highest BCUT2D eigenvalue weighted by Crippen LogP contribution is 2.35. The molecule has 0 fully saturated rings. The number of aromatic nitrogens is 4. The molecule has 0 aliphatic carbocycles. The van der Waals surface area contributed by atoms with Crippen LogP contribution in [0, 0.1) is 17.5 Å². The number of halogens is 3. The highest BCUT2D eigenvalue weighted by atomic mass is 32.2. The summed E-state index contributed by atoms with van der Waals surface area (Å²) in [4.78, 5) is 16.1. The van der Waals surface area contributed by atoms with Crippen molar-refractivity contribution in [1.29, 1.82) is 0 Å². The third-order valence-corrected chi connectivity index (χ3v) is 5.77. The molecular weight excluding hydrogens is 485 g/mol. The second kappa shape index (κ2) is 9.93. The van der Waals surface area contributed by atoms with E-state index in [1.165, 1.54) is 24.7 Å². The maximum Gasteiger partial charge on any atom is 0.238 e. The van der Waals surface area contributed by atoms with Gasteiger partial charge in [-0.1, -0.05) is 6.07 Å². The van der Waals surface area contributed by atoms with Crippen molar-refractivity contribution in [3.05, 3.63) is 84.2 Å². The molecule has 0 spiro atoms. The number of benzene rings is 1. The lowest BCUT2D eigenvalue weighted by Crippen LogP contribution is -2.18. The summed E-state index contributed by atoms with van der Waals surface area (Å²) in [6.45, 7) is 0. The second-order valence-corrected chi connectivity index (χ2v) is 8.74. The molecule has 35 heavy (non-hydrogen) atoms. The molecule has 9 nitrogen and oxygen atoms in total. The lowest BCUT2D eigenvalue weighted by molar-refractivity contribution is 0.401. The van der Waals surface area contributed by atoms with Gasteiger partial charge in [0.25, 0.3) is 0 Å². The monoisotopic (exact) mass is 502 g/mol. The van der Waals surface area contributed by atoms with E-state index in [-0.39, 0.29) is 11.6 Å². The van der Waals surface area contributed by atoms with Gasteiger partial charge < -0.3 is 10.1 Å². The summed E-state index contributed by atoms with van der Waals surface area (Å²) in [5, 5.41) is 2.77. The van der Waals surface area contributed by atoms with Crippen LogP contribution in [0.3, 0.4) is 0 Å². The molecule has 3 aromatic heterocycles. The average molecular weight is 502 g/mol. The number of rotatable bonds is 8. The van der Waals surface area contributed by atoms with Crippen LogP contribution in [0.15, 0.2) is 61.1 Å². The Morgan fingerprint density at radius 3 is 2.49 bits per heavy atom. The van der Waals surface area contributed by atoms with E-state index in [9.17, 15) is 21.6 Å². The molecular formula is C22H17F3N6O3S. The van der Waals surface area contributed by atoms with Crippen molar-refractivity contribution < 1.29 is 26.3 Å². The minimum absolute atomic E-state index is 0.134. The molecule has 0 aliphatic heterocycles. The van der Waals surface area contributed by atoms with Crippen LogP contribution < -0.4 is 14.8 Å². The summed E-state index contributed by atoms with van der Waals surface area (Å²) >= 11 is 0.